The van der Waals surface area contributed by atoms with Crippen LogP contribution in [0.1, 0.15) is 6.42 Å². The van der Waals surface area contributed by atoms with E-state index < -0.39 is 0 Å². The molecular formula is C20H22N6OS. The van der Waals surface area contributed by atoms with Crippen molar-refractivity contribution < 1.29 is 0 Å². The highest BCUT2D eigenvalue weighted by atomic mass is 32.1. The second-order valence-electron chi connectivity index (χ2n) is 7.34. The number of fused-ring (bicyclic) bond motifs is 2. The molecule has 1 saturated heterocycles. The van der Waals surface area contributed by atoms with Crippen LogP contribution >= 0.6 is 11.3 Å². The lowest BCUT2D eigenvalue weighted by Gasteiger charge is -2.22. The van der Waals surface area contributed by atoms with E-state index in [-0.39, 0.29) is 5.56 Å². The molecule has 3 aromatic heterocycles. The van der Waals surface area contributed by atoms with Gasteiger partial charge in [0.25, 0.3) is 5.56 Å². The fourth-order valence-corrected chi connectivity index (χ4v) is 4.70. The summed E-state index contributed by atoms with van der Waals surface area (Å²) in [7, 11) is 2.17. The standard InChI is InChI=1S/C20H22N6OS/c1-25-6-2-7-26(9-8-25)12-3-4-13-15(11-12)23-19(22-13)16-17(21)18-14(5-10-28-18)24-20(16)27/h3-5,10-11H,2,6-9H2,1H3,(H,22,23)(H3,21,24,27). The van der Waals surface area contributed by atoms with Crippen LogP contribution in [0.4, 0.5) is 11.4 Å². The number of nitrogen functional groups attached to an aromatic ring is 1. The minimum atomic E-state index is -0.224. The van der Waals surface area contributed by atoms with Crippen LogP contribution in [0.5, 0.6) is 0 Å². The Hall–Kier alpha value is -2.84. The average Bonchev–Trinajstić information content (AvgIpc) is 3.24. The highest BCUT2D eigenvalue weighted by molar-refractivity contribution is 7.17. The normalized spacial score (nSPS) is 16.1. The second kappa shape index (κ2) is 6.65. The number of imidazole rings is 1. The van der Waals surface area contributed by atoms with Crippen LogP contribution < -0.4 is 16.2 Å². The minimum Gasteiger partial charge on any atom is -0.397 e. The number of rotatable bonds is 2. The molecule has 0 saturated carbocycles. The predicted molar refractivity (Wildman–Crippen MR) is 116 cm³/mol. The molecule has 8 heteroatoms. The van der Waals surface area contributed by atoms with Crippen LogP contribution in [0.15, 0.2) is 34.4 Å². The molecule has 0 spiro atoms. The molecule has 0 amide bonds. The molecule has 1 aromatic carbocycles. The number of aromatic nitrogens is 3. The molecule has 4 aromatic rings. The number of hydrogen-bond donors (Lipinski definition) is 3. The molecule has 7 nitrogen and oxygen atoms in total. The van der Waals surface area contributed by atoms with E-state index in [1.165, 1.54) is 17.0 Å². The van der Waals surface area contributed by atoms with Gasteiger partial charge in [0, 0.05) is 25.3 Å². The molecule has 5 rings (SSSR count). The van der Waals surface area contributed by atoms with E-state index in [1.54, 1.807) is 0 Å². The third kappa shape index (κ3) is 2.85. The van der Waals surface area contributed by atoms with E-state index in [1.807, 2.05) is 17.5 Å². The third-order valence-electron chi connectivity index (χ3n) is 5.44. The first-order chi connectivity index (χ1) is 13.6. The minimum absolute atomic E-state index is 0.224. The van der Waals surface area contributed by atoms with E-state index in [0.29, 0.717) is 17.1 Å². The summed E-state index contributed by atoms with van der Waals surface area (Å²) in [4.78, 5) is 28.2. The second-order valence-corrected chi connectivity index (χ2v) is 8.25. The molecule has 144 valence electrons. The quantitative estimate of drug-likeness (QED) is 0.486. The summed E-state index contributed by atoms with van der Waals surface area (Å²) in [6.45, 7) is 4.22. The number of nitrogens with zero attached hydrogens (tertiary/aromatic N) is 3. The van der Waals surface area contributed by atoms with E-state index >= 15 is 0 Å². The zero-order valence-corrected chi connectivity index (χ0v) is 16.5. The van der Waals surface area contributed by atoms with Gasteiger partial charge in [0.05, 0.1) is 26.9 Å². The molecule has 1 fully saturated rings. The average molecular weight is 395 g/mol. The van der Waals surface area contributed by atoms with E-state index in [0.717, 1.165) is 53.8 Å². The molecule has 0 bridgehead atoms. The van der Waals surface area contributed by atoms with Gasteiger partial charge in [-0.05, 0) is 49.7 Å². The van der Waals surface area contributed by atoms with Crippen molar-refractivity contribution in [1.82, 2.24) is 19.9 Å². The lowest BCUT2D eigenvalue weighted by molar-refractivity contribution is 0.360. The van der Waals surface area contributed by atoms with Crippen molar-refractivity contribution >= 4 is 44.0 Å². The molecule has 0 atom stereocenters. The van der Waals surface area contributed by atoms with Gasteiger partial charge in [-0.1, -0.05) is 0 Å². The number of H-pyrrole nitrogens is 2. The lowest BCUT2D eigenvalue weighted by atomic mass is 10.2. The smallest absolute Gasteiger partial charge is 0.261 e. The maximum Gasteiger partial charge on any atom is 0.261 e. The van der Waals surface area contributed by atoms with Gasteiger partial charge in [-0.15, -0.1) is 11.3 Å². The van der Waals surface area contributed by atoms with Crippen molar-refractivity contribution in [1.29, 1.82) is 0 Å². The summed E-state index contributed by atoms with van der Waals surface area (Å²) in [5.74, 6) is 0.511. The molecule has 1 aliphatic heterocycles. The van der Waals surface area contributed by atoms with Gasteiger partial charge < -0.3 is 25.5 Å². The first kappa shape index (κ1) is 17.3. The van der Waals surface area contributed by atoms with Crippen LogP contribution in [-0.2, 0) is 0 Å². The molecule has 28 heavy (non-hydrogen) atoms. The summed E-state index contributed by atoms with van der Waals surface area (Å²) in [5, 5.41) is 1.92. The Kier molecular flexibility index (Phi) is 4.10. The fourth-order valence-electron chi connectivity index (χ4n) is 3.89. The summed E-state index contributed by atoms with van der Waals surface area (Å²) < 4.78 is 0.879. The fraction of sp³-hybridized carbons (Fsp3) is 0.300. The van der Waals surface area contributed by atoms with E-state index in [9.17, 15) is 4.79 Å². The molecule has 0 unspecified atom stereocenters. The molecule has 4 N–H and O–H groups in total. The van der Waals surface area contributed by atoms with Crippen molar-refractivity contribution in [3.63, 3.8) is 0 Å². The number of anilines is 2. The summed E-state index contributed by atoms with van der Waals surface area (Å²) in [6, 6.07) is 8.10. The summed E-state index contributed by atoms with van der Waals surface area (Å²) in [5.41, 5.74) is 10.7. The Morgan fingerprint density at radius 1 is 1.11 bits per heavy atom. The number of pyridine rings is 1. The molecule has 0 aliphatic carbocycles. The van der Waals surface area contributed by atoms with Gasteiger partial charge in [-0.3, -0.25) is 4.79 Å². The molecular weight excluding hydrogens is 372 g/mol. The largest absolute Gasteiger partial charge is 0.397 e. The van der Waals surface area contributed by atoms with Gasteiger partial charge in [0.2, 0.25) is 0 Å². The van der Waals surface area contributed by atoms with Crippen LogP contribution in [0, 0.1) is 0 Å². The Morgan fingerprint density at radius 2 is 2.00 bits per heavy atom. The van der Waals surface area contributed by atoms with Crippen molar-refractivity contribution in [2.45, 2.75) is 6.42 Å². The van der Waals surface area contributed by atoms with E-state index in [4.69, 9.17) is 5.73 Å². The third-order valence-corrected chi connectivity index (χ3v) is 6.39. The number of nitrogens with two attached hydrogens (primary N) is 1. The Morgan fingerprint density at radius 3 is 2.89 bits per heavy atom. The van der Waals surface area contributed by atoms with Gasteiger partial charge in [0.1, 0.15) is 11.4 Å². The van der Waals surface area contributed by atoms with Crippen molar-refractivity contribution in [3.05, 3.63) is 40.0 Å². The SMILES string of the molecule is CN1CCCN(c2ccc3nc(-c4c(N)c5sccc5[nH]c4=O)[nH]c3c2)CC1. The maximum atomic E-state index is 12.6. The first-order valence-electron chi connectivity index (χ1n) is 9.43. The number of hydrogen-bond acceptors (Lipinski definition) is 6. The maximum absolute atomic E-state index is 12.6. The van der Waals surface area contributed by atoms with Gasteiger partial charge in [-0.2, -0.15) is 0 Å². The molecule has 1 aliphatic rings. The number of thiophene rings is 1. The first-order valence-corrected chi connectivity index (χ1v) is 10.3. The number of nitrogens with one attached hydrogen (secondary N) is 2. The van der Waals surface area contributed by atoms with Gasteiger partial charge in [0.15, 0.2) is 0 Å². The molecule has 4 heterocycles. The van der Waals surface area contributed by atoms with Crippen LogP contribution in [0.25, 0.3) is 32.6 Å². The van der Waals surface area contributed by atoms with Crippen LogP contribution in [0.3, 0.4) is 0 Å². The number of likely N-dealkylation sites (N-methyl/N-ethyl adjacent to an activating group) is 1. The highest BCUT2D eigenvalue weighted by Gasteiger charge is 2.18. The molecule has 0 radical (unpaired) electrons. The zero-order chi connectivity index (χ0) is 19.3. The lowest BCUT2D eigenvalue weighted by Crippen LogP contribution is -2.28. The van der Waals surface area contributed by atoms with E-state index in [2.05, 4.69) is 43.9 Å². The van der Waals surface area contributed by atoms with Gasteiger partial charge >= 0.3 is 0 Å². The zero-order valence-electron chi connectivity index (χ0n) is 15.7. The topological polar surface area (TPSA) is 94.0 Å². The summed E-state index contributed by atoms with van der Waals surface area (Å²) in [6.07, 6.45) is 1.15. The number of aromatic amines is 2. The Labute approximate surface area is 165 Å². The Bertz CT molecular complexity index is 1220. The Balaban J connectivity index is 1.57. The number of benzene rings is 1. The van der Waals surface area contributed by atoms with Gasteiger partial charge in [-0.25, -0.2) is 4.98 Å². The highest BCUT2D eigenvalue weighted by Crippen LogP contribution is 2.32. The van der Waals surface area contributed by atoms with Crippen molar-refractivity contribution in [3.8, 4) is 11.4 Å². The van der Waals surface area contributed by atoms with Crippen molar-refractivity contribution in [2.24, 2.45) is 0 Å². The van der Waals surface area contributed by atoms with Crippen molar-refractivity contribution in [2.75, 3.05) is 43.9 Å². The summed E-state index contributed by atoms with van der Waals surface area (Å²) >= 11 is 1.51. The predicted octanol–water partition coefficient (Wildman–Crippen LogP) is 2.86. The van der Waals surface area contributed by atoms with Crippen LogP contribution in [-0.4, -0.2) is 53.1 Å². The monoisotopic (exact) mass is 394 g/mol. The van der Waals surface area contributed by atoms with Crippen LogP contribution in [0.2, 0.25) is 0 Å².